The van der Waals surface area contributed by atoms with E-state index in [-0.39, 0.29) is 0 Å². The van der Waals surface area contributed by atoms with Crippen LogP contribution >= 0.6 is 0 Å². The van der Waals surface area contributed by atoms with Crippen LogP contribution in [0.5, 0.6) is 11.5 Å². The molecule has 0 aliphatic rings. The van der Waals surface area contributed by atoms with Crippen LogP contribution in [-0.4, -0.2) is 24.8 Å². The normalized spacial score (nSPS) is 10.6. The van der Waals surface area contributed by atoms with E-state index >= 15 is 0 Å². The van der Waals surface area contributed by atoms with Gasteiger partial charge in [-0.15, -0.1) is 12.3 Å². The minimum atomic E-state index is -1.04. The minimum absolute atomic E-state index is 0.326. The second kappa shape index (κ2) is 7.58. The molecule has 4 heteroatoms. The van der Waals surface area contributed by atoms with Crippen molar-refractivity contribution in [1.29, 1.82) is 0 Å². The lowest BCUT2D eigenvalue weighted by molar-refractivity contribution is -0.158. The van der Waals surface area contributed by atoms with Crippen molar-refractivity contribution in [2.75, 3.05) is 13.2 Å². The predicted octanol–water partition coefficient (Wildman–Crippen LogP) is 3.12. The van der Waals surface area contributed by atoms with E-state index in [0.29, 0.717) is 25.4 Å². The number of hydrogen-bond donors (Lipinski definition) is 0. The molecule has 0 aliphatic heterocycles. The molecule has 0 radical (unpaired) electrons. The molecule has 1 aromatic carbocycles. The first-order chi connectivity index (χ1) is 9.90. The van der Waals surface area contributed by atoms with Crippen molar-refractivity contribution >= 4 is 5.97 Å². The van der Waals surface area contributed by atoms with Crippen molar-refractivity contribution < 1.29 is 19.0 Å². The zero-order valence-electron chi connectivity index (χ0n) is 13.1. The number of carbonyl (C=O) groups is 1. The molecule has 0 fully saturated rings. The summed E-state index contributed by atoms with van der Waals surface area (Å²) in [6.45, 7) is 7.83. The van der Waals surface area contributed by atoms with Gasteiger partial charge in [-0.05, 0) is 51.5 Å². The highest BCUT2D eigenvalue weighted by atomic mass is 16.6. The third kappa shape index (κ3) is 5.03. The third-order valence-electron chi connectivity index (χ3n) is 2.79. The van der Waals surface area contributed by atoms with Crippen LogP contribution in [0.3, 0.4) is 0 Å². The number of aryl methyl sites for hydroxylation is 1. The van der Waals surface area contributed by atoms with Crippen LogP contribution in [0.15, 0.2) is 18.2 Å². The Kier molecular flexibility index (Phi) is 6.10. The monoisotopic (exact) mass is 290 g/mol. The molecule has 0 atom stereocenters. The molecular weight excluding hydrogens is 268 g/mol. The van der Waals surface area contributed by atoms with Gasteiger partial charge < -0.3 is 14.2 Å². The van der Waals surface area contributed by atoms with Gasteiger partial charge in [0.2, 0.25) is 0 Å². The maximum atomic E-state index is 11.8. The largest absolute Gasteiger partial charge is 0.493 e. The quantitative estimate of drug-likeness (QED) is 0.440. The molecule has 114 valence electrons. The van der Waals surface area contributed by atoms with E-state index in [1.807, 2.05) is 13.0 Å². The van der Waals surface area contributed by atoms with E-state index in [1.165, 1.54) is 0 Å². The van der Waals surface area contributed by atoms with Gasteiger partial charge in [-0.1, -0.05) is 0 Å². The SMILES string of the molecule is C#CCCOc1ccc(OC(C)(C)C(=O)OCC)c(C)c1. The highest BCUT2D eigenvalue weighted by molar-refractivity contribution is 5.79. The van der Waals surface area contributed by atoms with Gasteiger partial charge in [-0.3, -0.25) is 0 Å². The zero-order valence-corrected chi connectivity index (χ0v) is 13.1. The Balaban J connectivity index is 2.76. The first kappa shape index (κ1) is 16.9. The van der Waals surface area contributed by atoms with E-state index in [2.05, 4.69) is 5.92 Å². The molecule has 0 bridgehead atoms. The summed E-state index contributed by atoms with van der Waals surface area (Å²) in [6, 6.07) is 5.43. The summed E-state index contributed by atoms with van der Waals surface area (Å²) < 4.78 is 16.3. The van der Waals surface area contributed by atoms with Gasteiger partial charge in [0.15, 0.2) is 5.60 Å². The first-order valence-electron chi connectivity index (χ1n) is 6.94. The molecule has 0 aromatic heterocycles. The van der Waals surface area contributed by atoms with Crippen molar-refractivity contribution in [3.63, 3.8) is 0 Å². The lowest BCUT2D eigenvalue weighted by atomic mass is 10.1. The van der Waals surface area contributed by atoms with Gasteiger partial charge in [0.05, 0.1) is 13.2 Å². The molecular formula is C17H22O4. The Morgan fingerprint density at radius 3 is 2.67 bits per heavy atom. The number of terminal acetylenes is 1. The lowest BCUT2D eigenvalue weighted by Crippen LogP contribution is -2.39. The summed E-state index contributed by atoms with van der Waals surface area (Å²) in [7, 11) is 0. The van der Waals surface area contributed by atoms with Crippen molar-refractivity contribution in [2.45, 2.75) is 39.7 Å². The molecule has 0 unspecified atom stereocenters. The summed E-state index contributed by atoms with van der Waals surface area (Å²) in [4.78, 5) is 11.8. The third-order valence-corrected chi connectivity index (χ3v) is 2.79. The van der Waals surface area contributed by atoms with Crippen LogP contribution in [0.1, 0.15) is 32.8 Å². The Labute approximate surface area is 126 Å². The highest BCUT2D eigenvalue weighted by Gasteiger charge is 2.32. The Morgan fingerprint density at radius 1 is 1.38 bits per heavy atom. The highest BCUT2D eigenvalue weighted by Crippen LogP contribution is 2.27. The Hall–Kier alpha value is -2.15. The van der Waals surface area contributed by atoms with E-state index in [9.17, 15) is 4.79 Å². The fourth-order valence-corrected chi connectivity index (χ4v) is 1.68. The molecule has 0 spiro atoms. The van der Waals surface area contributed by atoms with E-state index < -0.39 is 11.6 Å². The topological polar surface area (TPSA) is 44.8 Å². The summed E-state index contributed by atoms with van der Waals surface area (Å²) >= 11 is 0. The molecule has 0 amide bonds. The van der Waals surface area contributed by atoms with Crippen LogP contribution in [0, 0.1) is 19.3 Å². The fourth-order valence-electron chi connectivity index (χ4n) is 1.68. The average molecular weight is 290 g/mol. The van der Waals surface area contributed by atoms with Gasteiger partial charge in [-0.25, -0.2) is 4.79 Å². The maximum absolute atomic E-state index is 11.8. The standard InChI is InChI=1S/C17H22O4/c1-6-8-11-20-14-9-10-15(13(3)12-14)21-17(4,5)16(18)19-7-2/h1,9-10,12H,7-8,11H2,2-5H3. The van der Waals surface area contributed by atoms with Crippen LogP contribution in [0.25, 0.3) is 0 Å². The molecule has 1 rings (SSSR count). The van der Waals surface area contributed by atoms with Crippen LogP contribution < -0.4 is 9.47 Å². The summed E-state index contributed by atoms with van der Waals surface area (Å²) in [5.41, 5.74) is -0.155. The summed E-state index contributed by atoms with van der Waals surface area (Å²) in [6.07, 6.45) is 5.74. The van der Waals surface area contributed by atoms with Crippen LogP contribution in [-0.2, 0) is 9.53 Å². The number of rotatable bonds is 7. The summed E-state index contributed by atoms with van der Waals surface area (Å²) in [5.74, 6) is 3.48. The molecule has 0 saturated heterocycles. The molecule has 0 aliphatic carbocycles. The number of ether oxygens (including phenoxy) is 3. The van der Waals surface area contributed by atoms with Crippen molar-refractivity contribution in [2.24, 2.45) is 0 Å². The zero-order chi connectivity index (χ0) is 15.9. The molecule has 0 N–H and O–H groups in total. The summed E-state index contributed by atoms with van der Waals surface area (Å²) in [5, 5.41) is 0. The van der Waals surface area contributed by atoms with Crippen molar-refractivity contribution in [3.05, 3.63) is 23.8 Å². The second-order valence-electron chi connectivity index (χ2n) is 5.06. The molecule has 4 nitrogen and oxygen atoms in total. The number of benzene rings is 1. The maximum Gasteiger partial charge on any atom is 0.349 e. The van der Waals surface area contributed by atoms with E-state index in [0.717, 1.165) is 11.3 Å². The van der Waals surface area contributed by atoms with Gasteiger partial charge in [0.1, 0.15) is 11.5 Å². The van der Waals surface area contributed by atoms with Crippen LogP contribution in [0.2, 0.25) is 0 Å². The Bertz CT molecular complexity index is 526. The smallest absolute Gasteiger partial charge is 0.349 e. The number of esters is 1. The molecule has 1 aromatic rings. The average Bonchev–Trinajstić information content (AvgIpc) is 2.42. The number of hydrogen-bond acceptors (Lipinski definition) is 4. The van der Waals surface area contributed by atoms with Crippen LogP contribution in [0.4, 0.5) is 0 Å². The molecule has 21 heavy (non-hydrogen) atoms. The minimum Gasteiger partial charge on any atom is -0.493 e. The predicted molar refractivity (Wildman–Crippen MR) is 81.5 cm³/mol. The van der Waals surface area contributed by atoms with E-state index in [4.69, 9.17) is 20.6 Å². The lowest BCUT2D eigenvalue weighted by Gasteiger charge is -2.25. The van der Waals surface area contributed by atoms with Gasteiger partial charge in [0, 0.05) is 6.42 Å². The molecule has 0 heterocycles. The van der Waals surface area contributed by atoms with Crippen molar-refractivity contribution in [1.82, 2.24) is 0 Å². The van der Waals surface area contributed by atoms with E-state index in [1.54, 1.807) is 32.9 Å². The number of carbonyl (C=O) groups excluding carboxylic acids is 1. The van der Waals surface area contributed by atoms with Gasteiger partial charge in [-0.2, -0.15) is 0 Å². The first-order valence-corrected chi connectivity index (χ1v) is 6.94. The van der Waals surface area contributed by atoms with Crippen molar-refractivity contribution in [3.8, 4) is 23.8 Å². The van der Waals surface area contributed by atoms with Gasteiger partial charge >= 0.3 is 5.97 Å². The fraction of sp³-hybridized carbons (Fsp3) is 0.471. The van der Waals surface area contributed by atoms with Gasteiger partial charge in [0.25, 0.3) is 0 Å². The molecule has 0 saturated carbocycles. The Morgan fingerprint density at radius 2 is 2.10 bits per heavy atom. The second-order valence-corrected chi connectivity index (χ2v) is 5.06.